The van der Waals surface area contributed by atoms with Crippen LogP contribution >= 0.6 is 0 Å². The highest BCUT2D eigenvalue weighted by molar-refractivity contribution is 5.79. The Morgan fingerprint density at radius 2 is 1.94 bits per heavy atom. The molecule has 98 valence electrons. The lowest BCUT2D eigenvalue weighted by atomic mass is 9.87. The summed E-state index contributed by atoms with van der Waals surface area (Å²) in [5, 5.41) is 19.6. The van der Waals surface area contributed by atoms with Gasteiger partial charge in [0.25, 0.3) is 0 Å². The second-order valence-electron chi connectivity index (χ2n) is 5.63. The molecular weight excluding hydrogens is 228 g/mol. The molecule has 0 amide bonds. The van der Waals surface area contributed by atoms with Crippen LogP contribution in [-0.2, 0) is 4.79 Å². The topological polar surface area (TPSA) is 57.5 Å². The molecule has 0 aliphatic heterocycles. The number of benzene rings is 1. The average Bonchev–Trinajstić information content (AvgIpc) is 3.09. The molecule has 0 radical (unpaired) electrons. The van der Waals surface area contributed by atoms with E-state index < -0.39 is 17.5 Å². The molecule has 0 heterocycles. The van der Waals surface area contributed by atoms with Crippen molar-refractivity contribution in [1.29, 1.82) is 0 Å². The lowest BCUT2D eigenvalue weighted by molar-refractivity contribution is -0.148. The van der Waals surface area contributed by atoms with Gasteiger partial charge in [-0.15, -0.1) is 0 Å². The molecule has 1 aliphatic carbocycles. The van der Waals surface area contributed by atoms with Gasteiger partial charge in [0.05, 0.1) is 11.5 Å². The molecule has 0 spiro atoms. The van der Waals surface area contributed by atoms with Crippen LogP contribution in [0.3, 0.4) is 0 Å². The molecule has 1 saturated carbocycles. The molecule has 3 nitrogen and oxygen atoms in total. The third-order valence-electron chi connectivity index (χ3n) is 4.00. The first-order valence-electron chi connectivity index (χ1n) is 6.40. The summed E-state index contributed by atoms with van der Waals surface area (Å²) in [5.74, 6) is -0.513. The number of carboxylic acids is 1. The first-order valence-corrected chi connectivity index (χ1v) is 6.40. The summed E-state index contributed by atoms with van der Waals surface area (Å²) in [6.07, 6.45) is 0.234. The summed E-state index contributed by atoms with van der Waals surface area (Å²) >= 11 is 0. The molecule has 1 aromatic rings. The zero-order valence-electron chi connectivity index (χ0n) is 11.1. The molecule has 2 N–H and O–H groups in total. The van der Waals surface area contributed by atoms with Crippen molar-refractivity contribution in [3.63, 3.8) is 0 Å². The van der Waals surface area contributed by atoms with Crippen molar-refractivity contribution in [3.05, 3.63) is 34.9 Å². The van der Waals surface area contributed by atoms with Gasteiger partial charge in [0, 0.05) is 0 Å². The summed E-state index contributed by atoms with van der Waals surface area (Å²) in [6, 6.07) is 5.95. The van der Waals surface area contributed by atoms with Crippen LogP contribution in [0.25, 0.3) is 0 Å². The van der Waals surface area contributed by atoms with E-state index in [4.69, 9.17) is 0 Å². The van der Waals surface area contributed by atoms with Crippen LogP contribution in [0.15, 0.2) is 18.2 Å². The van der Waals surface area contributed by atoms with E-state index in [1.54, 1.807) is 0 Å². The van der Waals surface area contributed by atoms with Gasteiger partial charge < -0.3 is 10.2 Å². The second-order valence-corrected chi connectivity index (χ2v) is 5.63. The summed E-state index contributed by atoms with van der Waals surface area (Å²) in [6.45, 7) is 6.09. The van der Waals surface area contributed by atoms with Crippen LogP contribution in [0, 0.1) is 12.3 Å². The number of aryl methyl sites for hydroxylation is 1. The van der Waals surface area contributed by atoms with Gasteiger partial charge >= 0.3 is 5.97 Å². The summed E-state index contributed by atoms with van der Waals surface area (Å²) in [4.78, 5) is 11.3. The highest BCUT2D eigenvalue weighted by Crippen LogP contribution is 2.55. The Morgan fingerprint density at radius 3 is 2.39 bits per heavy atom. The van der Waals surface area contributed by atoms with Crippen LogP contribution in [0.4, 0.5) is 0 Å². The minimum absolute atomic E-state index is 0.372. The molecule has 1 aliphatic rings. The predicted octanol–water partition coefficient (Wildman–Crippen LogP) is 3.02. The zero-order valence-corrected chi connectivity index (χ0v) is 11.1. The molecule has 2 rings (SSSR count). The zero-order chi connectivity index (χ0) is 13.5. The van der Waals surface area contributed by atoms with Crippen molar-refractivity contribution in [2.24, 2.45) is 5.41 Å². The number of aliphatic hydroxyl groups excluding tert-OH is 1. The highest BCUT2D eigenvalue weighted by atomic mass is 16.4. The largest absolute Gasteiger partial charge is 0.481 e. The lowest BCUT2D eigenvalue weighted by Crippen LogP contribution is -2.24. The Bertz CT molecular complexity index is 473. The SMILES string of the molecule is Cc1ccc(C(C)C)cc1C(O)C1(C(=O)O)CC1. The Hall–Kier alpha value is -1.35. The molecule has 1 aromatic carbocycles. The third kappa shape index (κ3) is 2.03. The van der Waals surface area contributed by atoms with Gasteiger partial charge in [-0.3, -0.25) is 4.79 Å². The molecule has 3 heteroatoms. The predicted molar refractivity (Wildman–Crippen MR) is 69.5 cm³/mol. The van der Waals surface area contributed by atoms with Crippen LogP contribution in [0.1, 0.15) is 55.4 Å². The van der Waals surface area contributed by atoms with Gasteiger partial charge in [0.15, 0.2) is 0 Å². The molecule has 1 atom stereocenters. The average molecular weight is 248 g/mol. The fourth-order valence-corrected chi connectivity index (χ4v) is 2.35. The number of hydrogen-bond acceptors (Lipinski definition) is 2. The number of hydrogen-bond donors (Lipinski definition) is 2. The summed E-state index contributed by atoms with van der Waals surface area (Å²) in [5.41, 5.74) is 1.91. The molecule has 0 saturated heterocycles. The van der Waals surface area contributed by atoms with Crippen LogP contribution in [-0.4, -0.2) is 16.2 Å². The molecule has 1 fully saturated rings. The van der Waals surface area contributed by atoms with E-state index in [2.05, 4.69) is 13.8 Å². The third-order valence-corrected chi connectivity index (χ3v) is 4.00. The van der Waals surface area contributed by atoms with Gasteiger partial charge in [-0.2, -0.15) is 0 Å². The maximum atomic E-state index is 11.3. The van der Waals surface area contributed by atoms with Crippen molar-refractivity contribution >= 4 is 5.97 Å². The van der Waals surface area contributed by atoms with Gasteiger partial charge in [-0.25, -0.2) is 0 Å². The standard InChI is InChI=1S/C15H20O3/c1-9(2)11-5-4-10(3)12(8-11)13(16)15(6-7-15)14(17)18/h4-5,8-9,13,16H,6-7H2,1-3H3,(H,17,18). The monoisotopic (exact) mass is 248 g/mol. The van der Waals surface area contributed by atoms with Crippen molar-refractivity contribution < 1.29 is 15.0 Å². The van der Waals surface area contributed by atoms with E-state index in [0.717, 1.165) is 16.7 Å². The van der Waals surface area contributed by atoms with Crippen molar-refractivity contribution in [2.45, 2.75) is 45.6 Å². The second kappa shape index (κ2) is 4.39. The fourth-order valence-electron chi connectivity index (χ4n) is 2.35. The van der Waals surface area contributed by atoms with Crippen molar-refractivity contribution in [2.75, 3.05) is 0 Å². The van der Waals surface area contributed by atoms with E-state index in [-0.39, 0.29) is 0 Å². The number of carbonyl (C=O) groups is 1. The molecule has 1 unspecified atom stereocenters. The van der Waals surface area contributed by atoms with Crippen LogP contribution in [0.2, 0.25) is 0 Å². The van der Waals surface area contributed by atoms with E-state index in [9.17, 15) is 15.0 Å². The van der Waals surface area contributed by atoms with Gasteiger partial charge in [-0.05, 0) is 42.4 Å². The van der Waals surface area contributed by atoms with E-state index in [0.29, 0.717) is 18.8 Å². The lowest BCUT2D eigenvalue weighted by Gasteiger charge is -2.21. The molecular formula is C15H20O3. The number of carboxylic acid groups (broad SMARTS) is 1. The maximum absolute atomic E-state index is 11.3. The van der Waals surface area contributed by atoms with Gasteiger partial charge in [0.1, 0.15) is 0 Å². The van der Waals surface area contributed by atoms with Crippen molar-refractivity contribution in [3.8, 4) is 0 Å². The minimum Gasteiger partial charge on any atom is -0.481 e. The van der Waals surface area contributed by atoms with E-state index >= 15 is 0 Å². The summed E-state index contributed by atoms with van der Waals surface area (Å²) in [7, 11) is 0. The molecule has 18 heavy (non-hydrogen) atoms. The maximum Gasteiger partial charge on any atom is 0.312 e. The number of rotatable bonds is 4. The van der Waals surface area contributed by atoms with Crippen LogP contribution < -0.4 is 0 Å². The number of aliphatic hydroxyl groups is 1. The van der Waals surface area contributed by atoms with Gasteiger partial charge in [0.2, 0.25) is 0 Å². The Morgan fingerprint density at radius 1 is 1.33 bits per heavy atom. The van der Waals surface area contributed by atoms with E-state index in [1.165, 1.54) is 0 Å². The molecule has 0 bridgehead atoms. The Kier molecular flexibility index (Phi) is 3.20. The highest BCUT2D eigenvalue weighted by Gasteiger charge is 2.56. The smallest absolute Gasteiger partial charge is 0.312 e. The minimum atomic E-state index is -0.944. The Balaban J connectivity index is 2.38. The molecule has 0 aromatic heterocycles. The van der Waals surface area contributed by atoms with Crippen LogP contribution in [0.5, 0.6) is 0 Å². The fraction of sp³-hybridized carbons (Fsp3) is 0.533. The Labute approximate surface area is 107 Å². The first kappa shape index (κ1) is 13.1. The summed E-state index contributed by atoms with van der Waals surface area (Å²) < 4.78 is 0. The van der Waals surface area contributed by atoms with Crippen molar-refractivity contribution in [1.82, 2.24) is 0 Å². The van der Waals surface area contributed by atoms with Gasteiger partial charge in [-0.1, -0.05) is 32.0 Å². The first-order chi connectivity index (χ1) is 8.38. The quantitative estimate of drug-likeness (QED) is 0.861. The number of aliphatic carboxylic acids is 1. The normalized spacial score (nSPS) is 18.7. The van der Waals surface area contributed by atoms with E-state index in [1.807, 2.05) is 25.1 Å².